The number of aryl methyl sites for hydroxylation is 3. The highest BCUT2D eigenvalue weighted by molar-refractivity contribution is 7.92. The molecular formula is C25H23ClN4O3S. The van der Waals surface area contributed by atoms with Crippen LogP contribution in [-0.2, 0) is 10.0 Å². The Morgan fingerprint density at radius 2 is 1.62 bits per heavy atom. The second kappa shape index (κ2) is 9.32. The van der Waals surface area contributed by atoms with Gasteiger partial charge in [0.2, 0.25) is 0 Å². The molecule has 3 aromatic carbocycles. The maximum atomic E-state index is 12.9. The van der Waals surface area contributed by atoms with Gasteiger partial charge in [0, 0.05) is 22.6 Å². The van der Waals surface area contributed by atoms with E-state index in [1.807, 2.05) is 32.0 Å². The van der Waals surface area contributed by atoms with Crippen LogP contribution in [0.2, 0.25) is 5.02 Å². The molecule has 0 saturated carbocycles. The van der Waals surface area contributed by atoms with Crippen molar-refractivity contribution in [3.05, 3.63) is 104 Å². The van der Waals surface area contributed by atoms with Crippen molar-refractivity contribution < 1.29 is 8.42 Å². The van der Waals surface area contributed by atoms with Gasteiger partial charge in [0.25, 0.3) is 15.6 Å². The van der Waals surface area contributed by atoms with Crippen molar-refractivity contribution in [1.29, 1.82) is 0 Å². The van der Waals surface area contributed by atoms with Crippen LogP contribution in [-0.4, -0.2) is 24.4 Å². The summed E-state index contributed by atoms with van der Waals surface area (Å²) in [7, 11) is -3.76. The van der Waals surface area contributed by atoms with E-state index in [-0.39, 0.29) is 10.5 Å². The zero-order chi connectivity index (χ0) is 24.5. The minimum Gasteiger partial charge on any atom is -0.295 e. The standard InChI is InChI=1S/C25H23ClN4O3S/c1-16-4-11-22(14-17(16)2)30-25(31)24(18(3)28-30)15-27-20-9-12-23(13-10-20)34(32,33)29-21-7-5-19(26)6-8-21/h4-15,28-29H,1-3H3. The SMILES string of the molecule is Cc1ccc(-n2[nH]c(C)c(C=Nc3ccc(S(=O)(=O)Nc4ccc(Cl)cc4)cc3)c2=O)cc1C. The van der Waals surface area contributed by atoms with E-state index < -0.39 is 10.0 Å². The third kappa shape index (κ3) is 4.98. The molecule has 0 fully saturated rings. The molecule has 9 heteroatoms. The van der Waals surface area contributed by atoms with E-state index in [4.69, 9.17) is 11.6 Å². The van der Waals surface area contributed by atoms with E-state index in [9.17, 15) is 13.2 Å². The molecule has 2 N–H and O–H groups in total. The van der Waals surface area contributed by atoms with Crippen molar-refractivity contribution in [2.45, 2.75) is 25.7 Å². The van der Waals surface area contributed by atoms with Gasteiger partial charge in [-0.25, -0.2) is 13.1 Å². The third-order valence-corrected chi connectivity index (χ3v) is 7.10. The molecule has 0 saturated heterocycles. The van der Waals surface area contributed by atoms with Gasteiger partial charge >= 0.3 is 0 Å². The minimum absolute atomic E-state index is 0.0938. The monoisotopic (exact) mass is 494 g/mol. The lowest BCUT2D eigenvalue weighted by Gasteiger charge is -2.08. The van der Waals surface area contributed by atoms with Crippen molar-refractivity contribution in [3.63, 3.8) is 0 Å². The van der Waals surface area contributed by atoms with Gasteiger partial charge in [-0.05, 0) is 92.6 Å². The van der Waals surface area contributed by atoms with Crippen LogP contribution >= 0.6 is 11.6 Å². The second-order valence-corrected chi connectivity index (χ2v) is 10.0. The van der Waals surface area contributed by atoms with E-state index in [2.05, 4.69) is 14.8 Å². The average Bonchev–Trinajstić information content (AvgIpc) is 3.09. The molecule has 0 aliphatic heterocycles. The first-order valence-corrected chi connectivity index (χ1v) is 12.3. The highest BCUT2D eigenvalue weighted by Crippen LogP contribution is 2.21. The van der Waals surface area contributed by atoms with E-state index in [0.717, 1.165) is 16.8 Å². The Hall–Kier alpha value is -3.62. The summed E-state index contributed by atoms with van der Waals surface area (Å²) in [6.07, 6.45) is 1.49. The highest BCUT2D eigenvalue weighted by Gasteiger charge is 2.14. The van der Waals surface area contributed by atoms with Crippen LogP contribution in [0.5, 0.6) is 0 Å². The molecule has 0 atom stereocenters. The second-order valence-electron chi connectivity index (χ2n) is 7.92. The molecule has 1 aromatic heterocycles. The smallest absolute Gasteiger partial charge is 0.280 e. The Balaban J connectivity index is 1.54. The van der Waals surface area contributed by atoms with Crippen LogP contribution in [0.4, 0.5) is 11.4 Å². The Bertz CT molecular complexity index is 1530. The quantitative estimate of drug-likeness (QED) is 0.356. The van der Waals surface area contributed by atoms with E-state index in [1.54, 1.807) is 43.3 Å². The lowest BCUT2D eigenvalue weighted by molar-refractivity contribution is 0.601. The van der Waals surface area contributed by atoms with Gasteiger partial charge in [0.15, 0.2) is 0 Å². The van der Waals surface area contributed by atoms with Gasteiger partial charge in [0.05, 0.1) is 21.8 Å². The van der Waals surface area contributed by atoms with Crippen molar-refractivity contribution in [1.82, 2.24) is 9.78 Å². The maximum absolute atomic E-state index is 12.9. The fourth-order valence-electron chi connectivity index (χ4n) is 3.34. The lowest BCUT2D eigenvalue weighted by Crippen LogP contribution is -2.17. The highest BCUT2D eigenvalue weighted by atomic mass is 35.5. The zero-order valence-electron chi connectivity index (χ0n) is 18.8. The summed E-state index contributed by atoms with van der Waals surface area (Å²) < 4.78 is 29.2. The summed E-state index contributed by atoms with van der Waals surface area (Å²) in [6, 6.07) is 18.3. The number of benzene rings is 3. The Morgan fingerprint density at radius 1 is 0.941 bits per heavy atom. The summed E-state index contributed by atoms with van der Waals surface area (Å²) in [6.45, 7) is 5.82. The largest absolute Gasteiger partial charge is 0.295 e. The van der Waals surface area contributed by atoms with Gasteiger partial charge in [0.1, 0.15) is 0 Å². The number of anilines is 1. The van der Waals surface area contributed by atoms with E-state index >= 15 is 0 Å². The van der Waals surface area contributed by atoms with Crippen molar-refractivity contribution in [3.8, 4) is 5.69 Å². The number of halogens is 1. The molecule has 1 heterocycles. The molecule has 34 heavy (non-hydrogen) atoms. The van der Waals surface area contributed by atoms with Crippen LogP contribution in [0.3, 0.4) is 0 Å². The third-order valence-electron chi connectivity index (χ3n) is 5.45. The van der Waals surface area contributed by atoms with E-state index in [1.165, 1.54) is 23.0 Å². The number of hydrogen-bond donors (Lipinski definition) is 2. The first-order chi connectivity index (χ1) is 16.1. The van der Waals surface area contributed by atoms with Crippen molar-refractivity contribution >= 4 is 39.2 Å². The molecule has 0 bridgehead atoms. The Morgan fingerprint density at radius 3 is 2.26 bits per heavy atom. The summed E-state index contributed by atoms with van der Waals surface area (Å²) in [5, 5.41) is 3.60. The Labute approximate surface area is 202 Å². The van der Waals surface area contributed by atoms with Gasteiger partial charge in [-0.2, -0.15) is 0 Å². The number of aromatic nitrogens is 2. The van der Waals surface area contributed by atoms with Gasteiger partial charge in [-0.1, -0.05) is 17.7 Å². The van der Waals surface area contributed by atoms with Crippen molar-refractivity contribution in [2.75, 3.05) is 4.72 Å². The van der Waals surface area contributed by atoms with E-state index in [0.29, 0.717) is 27.7 Å². The number of rotatable bonds is 6. The fraction of sp³-hybridized carbons (Fsp3) is 0.120. The number of hydrogen-bond acceptors (Lipinski definition) is 4. The zero-order valence-corrected chi connectivity index (χ0v) is 20.4. The molecule has 7 nitrogen and oxygen atoms in total. The number of aromatic amines is 1. The van der Waals surface area contributed by atoms with Crippen LogP contribution in [0.25, 0.3) is 5.69 Å². The number of H-pyrrole nitrogens is 1. The predicted molar refractivity (Wildman–Crippen MR) is 137 cm³/mol. The number of nitrogens with one attached hydrogen (secondary N) is 2. The normalized spacial score (nSPS) is 11.8. The molecule has 174 valence electrons. The molecule has 0 aliphatic carbocycles. The summed E-state index contributed by atoms with van der Waals surface area (Å²) >= 11 is 5.84. The number of sulfonamides is 1. The molecule has 4 aromatic rings. The van der Waals surface area contributed by atoms with Crippen LogP contribution in [0, 0.1) is 20.8 Å². The molecule has 0 unspecified atom stereocenters. The Kier molecular flexibility index (Phi) is 6.45. The van der Waals surface area contributed by atoms with Crippen molar-refractivity contribution in [2.24, 2.45) is 4.99 Å². The maximum Gasteiger partial charge on any atom is 0.280 e. The van der Waals surface area contributed by atoms with Crippen LogP contribution < -0.4 is 10.3 Å². The summed E-state index contributed by atoms with van der Waals surface area (Å²) in [5.74, 6) is 0. The molecule has 4 rings (SSSR count). The number of nitrogens with zero attached hydrogens (tertiary/aromatic N) is 2. The molecule has 0 aliphatic rings. The fourth-order valence-corrected chi connectivity index (χ4v) is 4.53. The predicted octanol–water partition coefficient (Wildman–Crippen LogP) is 5.30. The molecular weight excluding hydrogens is 472 g/mol. The summed E-state index contributed by atoms with van der Waals surface area (Å²) in [4.78, 5) is 17.4. The first-order valence-electron chi connectivity index (χ1n) is 10.5. The van der Waals surface area contributed by atoms with Gasteiger partial charge < -0.3 is 0 Å². The van der Waals surface area contributed by atoms with Gasteiger partial charge in [-0.15, -0.1) is 0 Å². The van der Waals surface area contributed by atoms with Gasteiger partial charge in [-0.3, -0.25) is 19.6 Å². The first kappa shape index (κ1) is 23.5. The number of aliphatic imine (C=N–C) groups is 1. The average molecular weight is 495 g/mol. The topological polar surface area (TPSA) is 96.3 Å². The molecule has 0 radical (unpaired) electrons. The van der Waals surface area contributed by atoms with Crippen LogP contribution in [0.15, 0.2) is 81.4 Å². The molecule has 0 spiro atoms. The molecule has 0 amide bonds. The summed E-state index contributed by atoms with van der Waals surface area (Å²) in [5.41, 5.74) is 4.81. The minimum atomic E-state index is -3.76. The lowest BCUT2D eigenvalue weighted by atomic mass is 10.1. The van der Waals surface area contributed by atoms with Crippen LogP contribution in [0.1, 0.15) is 22.4 Å².